The van der Waals surface area contributed by atoms with E-state index in [-0.39, 0.29) is 11.6 Å². The summed E-state index contributed by atoms with van der Waals surface area (Å²) in [6.07, 6.45) is 5.60. The maximum absolute atomic E-state index is 13.2. The number of carbonyl (C=O) groups is 1. The highest BCUT2D eigenvalue weighted by Crippen LogP contribution is 2.23. The number of benzene rings is 1. The molecule has 0 saturated carbocycles. The van der Waals surface area contributed by atoms with E-state index < -0.39 is 21.9 Å². The van der Waals surface area contributed by atoms with Crippen LogP contribution in [0.25, 0.3) is 0 Å². The van der Waals surface area contributed by atoms with Gasteiger partial charge in [-0.3, -0.25) is 9.10 Å². The molecule has 5 nitrogen and oxygen atoms in total. The smallest absolute Gasteiger partial charge is 0.243 e. The topological polar surface area (TPSA) is 66.5 Å². The van der Waals surface area contributed by atoms with Crippen molar-refractivity contribution in [1.82, 2.24) is 5.32 Å². The second kappa shape index (κ2) is 10.5. The SMILES string of the molecule is CCCC[C@@H](CC)CNC(=O)[C@H](CC)N(c1ccc(F)cc1)S(C)(=O)=O. The molecule has 0 fully saturated rings. The molecular formula is C19H31FN2O3S. The van der Waals surface area contributed by atoms with Crippen molar-refractivity contribution in [2.24, 2.45) is 5.92 Å². The first-order valence-corrected chi connectivity index (χ1v) is 11.1. The molecule has 0 saturated heterocycles. The standard InChI is InChI=1S/C19H31FN2O3S/c1-5-8-9-15(6-2)14-21-19(23)18(7-3)22(26(4,24)25)17-12-10-16(20)11-13-17/h10-13,15,18H,5-9,14H2,1-4H3,(H,21,23)/t15-,18+/m1/s1. The molecule has 0 unspecified atom stereocenters. The van der Waals surface area contributed by atoms with Crippen LogP contribution in [0.2, 0.25) is 0 Å². The maximum Gasteiger partial charge on any atom is 0.243 e. The zero-order valence-electron chi connectivity index (χ0n) is 16.2. The Hall–Kier alpha value is -1.63. The van der Waals surface area contributed by atoms with E-state index in [0.717, 1.165) is 36.2 Å². The Morgan fingerprint density at radius 3 is 2.23 bits per heavy atom. The van der Waals surface area contributed by atoms with Gasteiger partial charge in [-0.1, -0.05) is 40.0 Å². The minimum atomic E-state index is -3.70. The number of amides is 1. The van der Waals surface area contributed by atoms with Gasteiger partial charge in [0.1, 0.15) is 11.9 Å². The molecule has 0 aliphatic heterocycles. The number of hydrogen-bond acceptors (Lipinski definition) is 3. The van der Waals surface area contributed by atoms with Crippen LogP contribution in [0, 0.1) is 11.7 Å². The molecule has 7 heteroatoms. The summed E-state index contributed by atoms with van der Waals surface area (Å²) in [5, 5.41) is 2.91. The summed E-state index contributed by atoms with van der Waals surface area (Å²) in [6, 6.07) is 4.27. The van der Waals surface area contributed by atoms with Crippen molar-refractivity contribution in [2.45, 2.75) is 58.9 Å². The molecule has 0 heterocycles. The first kappa shape index (κ1) is 22.4. The molecule has 1 rings (SSSR count). The van der Waals surface area contributed by atoms with Gasteiger partial charge < -0.3 is 5.32 Å². The van der Waals surface area contributed by atoms with Gasteiger partial charge in [0.2, 0.25) is 15.9 Å². The Morgan fingerprint density at radius 1 is 1.15 bits per heavy atom. The van der Waals surface area contributed by atoms with Crippen LogP contribution in [0.4, 0.5) is 10.1 Å². The van der Waals surface area contributed by atoms with Crippen molar-refractivity contribution in [2.75, 3.05) is 17.1 Å². The third-order valence-corrected chi connectivity index (χ3v) is 5.70. The third kappa shape index (κ3) is 6.59. The zero-order valence-corrected chi connectivity index (χ0v) is 17.0. The molecule has 148 valence electrons. The van der Waals surface area contributed by atoms with E-state index in [4.69, 9.17) is 0 Å². The van der Waals surface area contributed by atoms with Crippen molar-refractivity contribution in [3.05, 3.63) is 30.1 Å². The molecule has 2 atom stereocenters. The van der Waals surface area contributed by atoms with Gasteiger partial charge in [0.25, 0.3) is 0 Å². The minimum Gasteiger partial charge on any atom is -0.354 e. The number of rotatable bonds is 11. The second-order valence-electron chi connectivity index (χ2n) is 6.62. The zero-order chi connectivity index (χ0) is 19.7. The molecule has 0 spiro atoms. The van der Waals surface area contributed by atoms with E-state index in [2.05, 4.69) is 19.2 Å². The van der Waals surface area contributed by atoms with Gasteiger partial charge in [-0.05, 0) is 43.0 Å². The van der Waals surface area contributed by atoms with Crippen molar-refractivity contribution < 1.29 is 17.6 Å². The molecule has 1 aromatic rings. The minimum absolute atomic E-state index is 0.286. The van der Waals surface area contributed by atoms with Crippen molar-refractivity contribution >= 4 is 21.6 Å². The van der Waals surface area contributed by atoms with Crippen LogP contribution in [0.15, 0.2) is 24.3 Å². The van der Waals surface area contributed by atoms with E-state index in [1.807, 2.05) is 0 Å². The number of nitrogens with zero attached hydrogens (tertiary/aromatic N) is 1. The Labute approximate surface area is 157 Å². The van der Waals surface area contributed by atoms with E-state index >= 15 is 0 Å². The quantitative estimate of drug-likeness (QED) is 0.630. The number of sulfonamides is 1. The van der Waals surface area contributed by atoms with Crippen LogP contribution in [0.3, 0.4) is 0 Å². The first-order chi connectivity index (χ1) is 12.2. The lowest BCUT2D eigenvalue weighted by atomic mass is 9.99. The second-order valence-corrected chi connectivity index (χ2v) is 8.48. The summed E-state index contributed by atoms with van der Waals surface area (Å²) < 4.78 is 38.9. The van der Waals surface area contributed by atoms with Gasteiger partial charge >= 0.3 is 0 Å². The van der Waals surface area contributed by atoms with Gasteiger partial charge in [-0.2, -0.15) is 0 Å². The summed E-state index contributed by atoms with van der Waals surface area (Å²) >= 11 is 0. The number of unbranched alkanes of at least 4 members (excludes halogenated alkanes) is 1. The van der Waals surface area contributed by atoms with Crippen molar-refractivity contribution in [3.8, 4) is 0 Å². The average molecular weight is 387 g/mol. The summed E-state index contributed by atoms with van der Waals surface area (Å²) in [5.74, 6) is -0.396. The fraction of sp³-hybridized carbons (Fsp3) is 0.632. The normalized spacial score (nSPS) is 13.9. The maximum atomic E-state index is 13.2. The van der Waals surface area contributed by atoms with E-state index in [0.29, 0.717) is 18.9 Å². The van der Waals surface area contributed by atoms with Crippen LogP contribution in [0.5, 0.6) is 0 Å². The number of hydrogen-bond donors (Lipinski definition) is 1. The highest BCUT2D eigenvalue weighted by Gasteiger charge is 2.31. The van der Waals surface area contributed by atoms with E-state index in [1.54, 1.807) is 6.92 Å². The van der Waals surface area contributed by atoms with Gasteiger partial charge in [0.15, 0.2) is 0 Å². The van der Waals surface area contributed by atoms with Crippen LogP contribution < -0.4 is 9.62 Å². The largest absolute Gasteiger partial charge is 0.354 e. The highest BCUT2D eigenvalue weighted by atomic mass is 32.2. The van der Waals surface area contributed by atoms with Crippen molar-refractivity contribution in [3.63, 3.8) is 0 Å². The molecule has 1 N–H and O–H groups in total. The third-order valence-electron chi connectivity index (χ3n) is 4.52. The number of carbonyl (C=O) groups excluding carboxylic acids is 1. The fourth-order valence-electron chi connectivity index (χ4n) is 2.95. The number of nitrogens with one attached hydrogen (secondary N) is 1. The number of halogens is 1. The fourth-order valence-corrected chi connectivity index (χ4v) is 4.17. The Bertz CT molecular complexity index is 662. The van der Waals surface area contributed by atoms with Crippen LogP contribution in [0.1, 0.15) is 52.9 Å². The highest BCUT2D eigenvalue weighted by molar-refractivity contribution is 7.92. The predicted molar refractivity (Wildman–Crippen MR) is 104 cm³/mol. The molecular weight excluding hydrogens is 355 g/mol. The molecule has 26 heavy (non-hydrogen) atoms. The van der Waals surface area contributed by atoms with Crippen LogP contribution >= 0.6 is 0 Å². The predicted octanol–water partition coefficient (Wildman–Crippen LogP) is 3.70. The molecule has 1 amide bonds. The van der Waals surface area contributed by atoms with Gasteiger partial charge in [0, 0.05) is 6.54 Å². The van der Waals surface area contributed by atoms with Crippen LogP contribution in [-0.2, 0) is 14.8 Å². The van der Waals surface area contributed by atoms with E-state index in [1.165, 1.54) is 24.3 Å². The van der Waals surface area contributed by atoms with E-state index in [9.17, 15) is 17.6 Å². The van der Waals surface area contributed by atoms with Crippen LogP contribution in [-0.4, -0.2) is 33.2 Å². The lowest BCUT2D eigenvalue weighted by Gasteiger charge is -2.30. The Kier molecular flexibility index (Phi) is 9.05. The van der Waals surface area contributed by atoms with Gasteiger partial charge in [-0.15, -0.1) is 0 Å². The average Bonchev–Trinajstić information content (AvgIpc) is 2.59. The first-order valence-electron chi connectivity index (χ1n) is 9.27. The molecule has 1 aromatic carbocycles. The monoisotopic (exact) mass is 386 g/mol. The molecule has 0 bridgehead atoms. The molecule has 0 radical (unpaired) electrons. The lowest BCUT2D eigenvalue weighted by Crippen LogP contribution is -2.50. The summed E-state index contributed by atoms with van der Waals surface area (Å²) in [4.78, 5) is 12.7. The summed E-state index contributed by atoms with van der Waals surface area (Å²) in [5.41, 5.74) is 0.286. The summed E-state index contributed by atoms with van der Waals surface area (Å²) in [7, 11) is -3.70. The molecule has 0 aromatic heterocycles. The molecule has 0 aliphatic carbocycles. The van der Waals surface area contributed by atoms with Gasteiger partial charge in [-0.25, -0.2) is 12.8 Å². The lowest BCUT2D eigenvalue weighted by molar-refractivity contribution is -0.122. The van der Waals surface area contributed by atoms with Gasteiger partial charge in [0.05, 0.1) is 11.9 Å². The summed E-state index contributed by atoms with van der Waals surface area (Å²) in [6.45, 7) is 6.52. The Morgan fingerprint density at radius 2 is 1.77 bits per heavy atom. The number of anilines is 1. The van der Waals surface area contributed by atoms with Crippen molar-refractivity contribution in [1.29, 1.82) is 0 Å². The Balaban J connectivity index is 2.96. The molecule has 0 aliphatic rings.